The van der Waals surface area contributed by atoms with Crippen LogP contribution in [0.4, 0.5) is 5.69 Å². The number of nitrogens with two attached hydrogens (primary N) is 3. The van der Waals surface area contributed by atoms with Crippen molar-refractivity contribution in [2.75, 3.05) is 5.73 Å². The SMILES string of the molecule is N/N=C(\N)c1ccccc1N. The smallest absolute Gasteiger partial charge is 0.152 e. The number of amidine groups is 1. The molecule has 0 spiro atoms. The number of hydrogen-bond acceptors (Lipinski definition) is 3. The van der Waals surface area contributed by atoms with E-state index in [9.17, 15) is 0 Å². The first-order chi connectivity index (χ1) is 5.25. The number of benzene rings is 1. The molecule has 0 aliphatic rings. The second-order valence-corrected chi connectivity index (χ2v) is 2.10. The Bertz CT molecular complexity index is 280. The van der Waals surface area contributed by atoms with Gasteiger partial charge in [0, 0.05) is 11.3 Å². The minimum absolute atomic E-state index is 0.253. The zero-order valence-corrected chi connectivity index (χ0v) is 5.99. The van der Waals surface area contributed by atoms with Gasteiger partial charge >= 0.3 is 0 Å². The lowest BCUT2D eigenvalue weighted by Gasteiger charge is -2.01. The molecule has 1 aromatic rings. The van der Waals surface area contributed by atoms with Crippen LogP contribution in [-0.4, -0.2) is 5.84 Å². The third-order valence-electron chi connectivity index (χ3n) is 1.38. The average Bonchev–Trinajstić information content (AvgIpc) is 2.04. The van der Waals surface area contributed by atoms with Crippen LogP contribution in [0.1, 0.15) is 5.56 Å². The van der Waals surface area contributed by atoms with Crippen LogP contribution in [0, 0.1) is 0 Å². The monoisotopic (exact) mass is 150 g/mol. The Balaban J connectivity index is 3.14. The van der Waals surface area contributed by atoms with Crippen molar-refractivity contribution in [1.29, 1.82) is 0 Å². The van der Waals surface area contributed by atoms with Crippen LogP contribution in [0.5, 0.6) is 0 Å². The summed E-state index contributed by atoms with van der Waals surface area (Å²) in [6.07, 6.45) is 0. The van der Waals surface area contributed by atoms with Crippen molar-refractivity contribution in [2.24, 2.45) is 16.7 Å². The maximum absolute atomic E-state index is 5.58. The van der Waals surface area contributed by atoms with Gasteiger partial charge in [0.1, 0.15) is 0 Å². The van der Waals surface area contributed by atoms with Crippen LogP contribution in [0.15, 0.2) is 29.4 Å². The third kappa shape index (κ3) is 1.40. The summed E-state index contributed by atoms with van der Waals surface area (Å²) in [6.45, 7) is 0. The van der Waals surface area contributed by atoms with Gasteiger partial charge in [-0.1, -0.05) is 12.1 Å². The fraction of sp³-hybridized carbons (Fsp3) is 0. The second kappa shape index (κ2) is 2.92. The highest BCUT2D eigenvalue weighted by atomic mass is 15.2. The van der Waals surface area contributed by atoms with Crippen LogP contribution in [-0.2, 0) is 0 Å². The van der Waals surface area contributed by atoms with Crippen molar-refractivity contribution in [2.45, 2.75) is 0 Å². The molecule has 0 atom stereocenters. The van der Waals surface area contributed by atoms with Gasteiger partial charge in [0.25, 0.3) is 0 Å². The molecule has 0 aromatic heterocycles. The normalized spacial score (nSPS) is 11.5. The Morgan fingerprint density at radius 1 is 1.27 bits per heavy atom. The first kappa shape index (κ1) is 7.40. The molecule has 0 fully saturated rings. The molecule has 0 heterocycles. The van der Waals surface area contributed by atoms with Crippen LogP contribution in [0.3, 0.4) is 0 Å². The molecule has 4 heteroatoms. The van der Waals surface area contributed by atoms with Gasteiger partial charge in [-0.2, -0.15) is 5.10 Å². The molecule has 0 aliphatic carbocycles. The van der Waals surface area contributed by atoms with Crippen molar-refractivity contribution in [3.63, 3.8) is 0 Å². The van der Waals surface area contributed by atoms with E-state index in [2.05, 4.69) is 5.10 Å². The summed E-state index contributed by atoms with van der Waals surface area (Å²) in [5, 5.41) is 3.33. The summed E-state index contributed by atoms with van der Waals surface area (Å²) in [4.78, 5) is 0. The zero-order valence-electron chi connectivity index (χ0n) is 5.99. The van der Waals surface area contributed by atoms with Gasteiger partial charge in [0.15, 0.2) is 5.84 Å². The molecular weight excluding hydrogens is 140 g/mol. The van der Waals surface area contributed by atoms with E-state index in [4.69, 9.17) is 17.3 Å². The van der Waals surface area contributed by atoms with Crippen LogP contribution < -0.4 is 17.3 Å². The van der Waals surface area contributed by atoms with Crippen molar-refractivity contribution in [3.8, 4) is 0 Å². The van der Waals surface area contributed by atoms with Gasteiger partial charge in [0.05, 0.1) is 0 Å². The highest BCUT2D eigenvalue weighted by Crippen LogP contribution is 2.08. The van der Waals surface area contributed by atoms with Crippen LogP contribution >= 0.6 is 0 Å². The van der Waals surface area contributed by atoms with E-state index < -0.39 is 0 Å². The van der Waals surface area contributed by atoms with E-state index in [1.54, 1.807) is 12.1 Å². The third-order valence-corrected chi connectivity index (χ3v) is 1.38. The Morgan fingerprint density at radius 3 is 2.45 bits per heavy atom. The predicted octanol–water partition coefficient (Wildman–Crippen LogP) is -0.152. The van der Waals surface area contributed by atoms with Gasteiger partial charge < -0.3 is 17.3 Å². The summed E-state index contributed by atoms with van der Waals surface area (Å²) >= 11 is 0. The number of anilines is 1. The quantitative estimate of drug-likeness (QED) is 0.171. The summed E-state index contributed by atoms with van der Waals surface area (Å²) in [7, 11) is 0. The molecule has 4 nitrogen and oxygen atoms in total. The molecule has 0 unspecified atom stereocenters. The number of hydrogen-bond donors (Lipinski definition) is 3. The van der Waals surface area contributed by atoms with E-state index in [0.29, 0.717) is 11.3 Å². The number of para-hydroxylation sites is 1. The topological polar surface area (TPSA) is 90.4 Å². The highest BCUT2D eigenvalue weighted by molar-refractivity contribution is 6.01. The van der Waals surface area contributed by atoms with E-state index >= 15 is 0 Å². The number of nitrogens with zero attached hydrogens (tertiary/aromatic N) is 1. The van der Waals surface area contributed by atoms with Crippen molar-refractivity contribution in [3.05, 3.63) is 29.8 Å². The van der Waals surface area contributed by atoms with Crippen molar-refractivity contribution < 1.29 is 0 Å². The molecule has 6 N–H and O–H groups in total. The van der Waals surface area contributed by atoms with Gasteiger partial charge in [-0.25, -0.2) is 0 Å². The van der Waals surface area contributed by atoms with Crippen LogP contribution in [0.2, 0.25) is 0 Å². The van der Waals surface area contributed by atoms with Gasteiger partial charge in [-0.05, 0) is 12.1 Å². The number of nitrogen functional groups attached to an aromatic ring is 1. The van der Waals surface area contributed by atoms with Crippen molar-refractivity contribution >= 4 is 11.5 Å². The van der Waals surface area contributed by atoms with Crippen molar-refractivity contribution in [1.82, 2.24) is 0 Å². The summed E-state index contributed by atoms with van der Waals surface area (Å²) in [5.41, 5.74) is 12.3. The number of rotatable bonds is 1. The summed E-state index contributed by atoms with van der Waals surface area (Å²) < 4.78 is 0. The predicted molar refractivity (Wildman–Crippen MR) is 45.8 cm³/mol. The first-order valence-corrected chi connectivity index (χ1v) is 3.14. The van der Waals surface area contributed by atoms with E-state index in [-0.39, 0.29) is 5.84 Å². The molecule has 58 valence electrons. The molecule has 0 saturated heterocycles. The van der Waals surface area contributed by atoms with Gasteiger partial charge in [-0.15, -0.1) is 0 Å². The average molecular weight is 150 g/mol. The van der Waals surface area contributed by atoms with E-state index in [0.717, 1.165) is 0 Å². The molecule has 0 radical (unpaired) electrons. The minimum atomic E-state index is 0.253. The maximum Gasteiger partial charge on any atom is 0.152 e. The molecule has 1 aromatic carbocycles. The highest BCUT2D eigenvalue weighted by Gasteiger charge is 2.00. The van der Waals surface area contributed by atoms with E-state index in [1.807, 2.05) is 12.1 Å². The Kier molecular flexibility index (Phi) is 1.96. The molecule has 1 rings (SSSR count). The molecule has 0 amide bonds. The molecule has 0 saturated carbocycles. The Labute approximate surface area is 64.7 Å². The summed E-state index contributed by atoms with van der Waals surface area (Å²) in [6, 6.07) is 7.15. The molecule has 0 aliphatic heterocycles. The lowest BCUT2D eigenvalue weighted by molar-refractivity contribution is 1.23. The Morgan fingerprint density at radius 2 is 1.91 bits per heavy atom. The second-order valence-electron chi connectivity index (χ2n) is 2.10. The first-order valence-electron chi connectivity index (χ1n) is 3.14. The van der Waals surface area contributed by atoms with E-state index in [1.165, 1.54) is 0 Å². The number of hydrazone groups is 1. The largest absolute Gasteiger partial charge is 0.398 e. The minimum Gasteiger partial charge on any atom is -0.398 e. The lowest BCUT2D eigenvalue weighted by atomic mass is 10.2. The fourth-order valence-electron chi connectivity index (χ4n) is 0.800. The fourth-order valence-corrected chi connectivity index (χ4v) is 0.800. The standard InChI is InChI=1S/C7H10N4/c8-6-4-2-1-3-5(6)7(9)11-10/h1-4H,8,10H2,(H2,9,11). The van der Waals surface area contributed by atoms with Gasteiger partial charge in [-0.3, -0.25) is 0 Å². The maximum atomic E-state index is 5.58. The molecule has 0 bridgehead atoms. The lowest BCUT2D eigenvalue weighted by Crippen LogP contribution is -2.17. The summed E-state index contributed by atoms with van der Waals surface area (Å²) in [5.74, 6) is 5.23. The van der Waals surface area contributed by atoms with Crippen LogP contribution in [0.25, 0.3) is 0 Å². The zero-order chi connectivity index (χ0) is 8.27. The molecular formula is C7H10N4. The molecule has 11 heavy (non-hydrogen) atoms. The van der Waals surface area contributed by atoms with Gasteiger partial charge in [0.2, 0.25) is 0 Å². The Hall–Kier alpha value is -1.71.